The Bertz CT molecular complexity index is 483. The van der Waals surface area contributed by atoms with Crippen molar-refractivity contribution in [1.29, 1.82) is 0 Å². The van der Waals surface area contributed by atoms with Gasteiger partial charge in [0.2, 0.25) is 5.78 Å². The van der Waals surface area contributed by atoms with Crippen LogP contribution in [0.5, 0.6) is 0 Å². The molecule has 0 bridgehead atoms. The molecule has 0 atom stereocenters. The zero-order valence-corrected chi connectivity index (χ0v) is 8.71. The van der Waals surface area contributed by atoms with Crippen LogP contribution in [0.1, 0.15) is 23.1 Å². The Morgan fingerprint density at radius 1 is 1.27 bits per heavy atom. The predicted octanol–water partition coefficient (Wildman–Crippen LogP) is 0.867. The summed E-state index contributed by atoms with van der Waals surface area (Å²) in [5.41, 5.74) is 1.17. The molecule has 0 saturated carbocycles. The van der Waals surface area contributed by atoms with E-state index >= 15 is 0 Å². The number of hydrogen-bond acceptors (Lipinski definition) is 3. The zero-order chi connectivity index (χ0) is 10.8. The van der Waals surface area contributed by atoms with Gasteiger partial charge in [-0.05, 0) is 19.1 Å². The van der Waals surface area contributed by atoms with Crippen LogP contribution in [0.15, 0.2) is 24.5 Å². The quantitative estimate of drug-likeness (QED) is 0.697. The molecule has 0 N–H and O–H groups in total. The molecule has 0 aliphatic rings. The maximum atomic E-state index is 12.0. The van der Waals surface area contributed by atoms with Crippen LogP contribution in [0.4, 0.5) is 0 Å². The van der Waals surface area contributed by atoms with Crippen molar-refractivity contribution in [2.75, 3.05) is 0 Å². The summed E-state index contributed by atoms with van der Waals surface area (Å²) in [4.78, 5) is 12.0. The van der Waals surface area contributed by atoms with Gasteiger partial charge in [-0.25, -0.2) is 0 Å². The maximum absolute atomic E-state index is 12.0. The molecule has 0 aliphatic carbocycles. The second-order valence-corrected chi connectivity index (χ2v) is 3.20. The highest BCUT2D eigenvalue weighted by Crippen LogP contribution is 2.08. The van der Waals surface area contributed by atoms with Crippen LogP contribution in [-0.4, -0.2) is 25.3 Å². The highest BCUT2D eigenvalue weighted by atomic mass is 16.1. The maximum Gasteiger partial charge on any atom is 0.228 e. The highest BCUT2D eigenvalue weighted by Gasteiger charge is 2.16. The van der Waals surface area contributed by atoms with Crippen LogP contribution in [0.25, 0.3) is 0 Å². The highest BCUT2D eigenvalue weighted by molar-refractivity contribution is 6.06. The summed E-state index contributed by atoms with van der Waals surface area (Å²) in [6.45, 7) is 2.64. The number of nitrogens with zero attached hydrogens (tertiary/aromatic N) is 4. The van der Waals surface area contributed by atoms with Crippen molar-refractivity contribution < 1.29 is 4.79 Å². The number of ketones is 1. The lowest BCUT2D eigenvalue weighted by molar-refractivity contribution is 0.102. The van der Waals surface area contributed by atoms with E-state index in [9.17, 15) is 4.79 Å². The Morgan fingerprint density at radius 2 is 1.93 bits per heavy atom. The minimum atomic E-state index is -0.0469. The fourth-order valence-electron chi connectivity index (χ4n) is 1.51. The van der Waals surface area contributed by atoms with Crippen molar-refractivity contribution in [1.82, 2.24) is 19.6 Å². The summed E-state index contributed by atoms with van der Waals surface area (Å²) >= 11 is 0. The molecule has 2 aromatic rings. The third-order valence-electron chi connectivity index (χ3n) is 2.30. The molecule has 0 aliphatic heterocycles. The lowest BCUT2D eigenvalue weighted by Crippen LogP contribution is -2.13. The SMILES string of the molecule is CCn1nccc1C(=O)c1ccnn1C. The fourth-order valence-corrected chi connectivity index (χ4v) is 1.51. The van der Waals surface area contributed by atoms with E-state index in [0.717, 1.165) is 0 Å². The Hall–Kier alpha value is -1.91. The van der Waals surface area contributed by atoms with Gasteiger partial charge in [0.15, 0.2) is 0 Å². The molecular formula is C10H12N4O. The van der Waals surface area contributed by atoms with E-state index in [4.69, 9.17) is 0 Å². The molecule has 0 amide bonds. The van der Waals surface area contributed by atoms with Crippen LogP contribution >= 0.6 is 0 Å². The lowest BCUT2D eigenvalue weighted by atomic mass is 10.2. The number of rotatable bonds is 3. The van der Waals surface area contributed by atoms with Crippen LogP contribution < -0.4 is 0 Å². The predicted molar refractivity (Wildman–Crippen MR) is 54.5 cm³/mol. The summed E-state index contributed by atoms with van der Waals surface area (Å²) in [7, 11) is 1.75. The second kappa shape index (κ2) is 3.68. The van der Waals surface area contributed by atoms with Gasteiger partial charge in [-0.1, -0.05) is 0 Å². The van der Waals surface area contributed by atoms with Gasteiger partial charge in [0.1, 0.15) is 11.4 Å². The molecule has 2 aromatic heterocycles. The molecule has 2 rings (SSSR count). The average Bonchev–Trinajstić information content (AvgIpc) is 2.84. The van der Waals surface area contributed by atoms with E-state index in [1.165, 1.54) is 0 Å². The van der Waals surface area contributed by atoms with Gasteiger partial charge in [-0.3, -0.25) is 14.2 Å². The molecule has 0 unspecified atom stereocenters. The van der Waals surface area contributed by atoms with Gasteiger partial charge in [0, 0.05) is 26.0 Å². The van der Waals surface area contributed by atoms with Gasteiger partial charge in [0.05, 0.1) is 0 Å². The number of aryl methyl sites for hydroxylation is 2. The summed E-state index contributed by atoms with van der Waals surface area (Å²) < 4.78 is 3.24. The zero-order valence-electron chi connectivity index (χ0n) is 8.71. The monoisotopic (exact) mass is 204 g/mol. The van der Waals surface area contributed by atoms with Crippen molar-refractivity contribution in [3.05, 3.63) is 35.9 Å². The van der Waals surface area contributed by atoms with Crippen LogP contribution in [0.3, 0.4) is 0 Å². The van der Waals surface area contributed by atoms with Gasteiger partial charge in [0.25, 0.3) is 0 Å². The summed E-state index contributed by atoms with van der Waals surface area (Å²) in [6.07, 6.45) is 3.24. The Labute approximate surface area is 87.3 Å². The van der Waals surface area contributed by atoms with Gasteiger partial charge in [-0.15, -0.1) is 0 Å². The first-order valence-electron chi connectivity index (χ1n) is 4.78. The summed E-state index contributed by atoms with van der Waals surface area (Å²) in [5.74, 6) is -0.0469. The molecule has 78 valence electrons. The van der Waals surface area contributed by atoms with Crippen molar-refractivity contribution >= 4 is 5.78 Å². The van der Waals surface area contributed by atoms with Gasteiger partial charge < -0.3 is 0 Å². The van der Waals surface area contributed by atoms with Crippen molar-refractivity contribution in [3.8, 4) is 0 Å². The van der Waals surface area contributed by atoms with E-state index < -0.39 is 0 Å². The molecule has 0 aromatic carbocycles. The smallest absolute Gasteiger partial charge is 0.228 e. The largest absolute Gasteiger partial charge is 0.285 e. The topological polar surface area (TPSA) is 52.7 Å². The molecule has 0 fully saturated rings. The standard InChI is InChI=1S/C10H12N4O/c1-3-14-9(5-7-12-14)10(15)8-4-6-11-13(8)2/h4-7H,3H2,1-2H3. The number of carbonyl (C=O) groups excluding carboxylic acids is 1. The van der Waals surface area contributed by atoms with Gasteiger partial charge >= 0.3 is 0 Å². The van der Waals surface area contributed by atoms with E-state index in [1.807, 2.05) is 6.92 Å². The third kappa shape index (κ3) is 1.56. The summed E-state index contributed by atoms with van der Waals surface area (Å²) in [5, 5.41) is 8.03. The molecule has 5 nitrogen and oxygen atoms in total. The third-order valence-corrected chi connectivity index (χ3v) is 2.30. The molecule has 0 saturated heterocycles. The fraction of sp³-hybridized carbons (Fsp3) is 0.300. The Balaban J connectivity index is 2.41. The number of hydrogen-bond donors (Lipinski definition) is 0. The number of aromatic nitrogens is 4. The minimum Gasteiger partial charge on any atom is -0.285 e. The summed E-state index contributed by atoms with van der Waals surface area (Å²) in [6, 6.07) is 3.42. The normalized spacial score (nSPS) is 10.5. The molecule has 0 spiro atoms. The second-order valence-electron chi connectivity index (χ2n) is 3.20. The Kier molecular flexibility index (Phi) is 2.37. The van der Waals surface area contributed by atoms with Gasteiger partial charge in [-0.2, -0.15) is 10.2 Å². The number of carbonyl (C=O) groups is 1. The van der Waals surface area contributed by atoms with Crippen molar-refractivity contribution in [2.45, 2.75) is 13.5 Å². The molecule has 15 heavy (non-hydrogen) atoms. The Morgan fingerprint density at radius 3 is 2.53 bits per heavy atom. The molecular weight excluding hydrogens is 192 g/mol. The van der Waals surface area contributed by atoms with Crippen LogP contribution in [-0.2, 0) is 13.6 Å². The first-order chi connectivity index (χ1) is 7.24. The van der Waals surface area contributed by atoms with Crippen LogP contribution in [0, 0.1) is 0 Å². The van der Waals surface area contributed by atoms with E-state index in [0.29, 0.717) is 17.9 Å². The van der Waals surface area contributed by atoms with Crippen molar-refractivity contribution in [2.24, 2.45) is 7.05 Å². The first kappa shape index (κ1) is 9.64. The van der Waals surface area contributed by atoms with Crippen LogP contribution in [0.2, 0.25) is 0 Å². The first-order valence-corrected chi connectivity index (χ1v) is 4.78. The molecule has 5 heteroatoms. The molecule has 2 heterocycles. The average molecular weight is 204 g/mol. The van der Waals surface area contributed by atoms with E-state index in [1.54, 1.807) is 40.9 Å². The minimum absolute atomic E-state index is 0.0469. The van der Waals surface area contributed by atoms with E-state index in [2.05, 4.69) is 10.2 Å². The van der Waals surface area contributed by atoms with E-state index in [-0.39, 0.29) is 5.78 Å². The van der Waals surface area contributed by atoms with Crippen molar-refractivity contribution in [3.63, 3.8) is 0 Å². The molecule has 0 radical (unpaired) electrons. The lowest BCUT2D eigenvalue weighted by Gasteiger charge is -2.03.